The third-order valence-corrected chi connectivity index (χ3v) is 5.04. The number of carbonyl (C=O) groups is 1. The van der Waals surface area contributed by atoms with Crippen LogP contribution in [-0.2, 0) is 11.2 Å². The van der Waals surface area contributed by atoms with Crippen molar-refractivity contribution in [2.24, 2.45) is 0 Å². The highest BCUT2D eigenvalue weighted by Crippen LogP contribution is 2.25. The van der Waals surface area contributed by atoms with Crippen LogP contribution in [0.4, 0.5) is 0 Å². The Morgan fingerprint density at radius 1 is 1.16 bits per heavy atom. The molecule has 0 spiro atoms. The molecule has 0 aliphatic rings. The third kappa shape index (κ3) is 5.04. The summed E-state index contributed by atoms with van der Waals surface area (Å²) < 4.78 is 10.7. The molecule has 7 heteroatoms. The monoisotopic (exact) mass is 374 g/mol. The highest BCUT2D eigenvalue weighted by molar-refractivity contribution is 7.14. The number of nitrogens with one attached hydrogen (secondary N) is 1. The largest absolute Gasteiger partial charge is 0.497 e. The van der Waals surface area contributed by atoms with E-state index < -0.39 is 0 Å². The quantitative estimate of drug-likeness (QED) is 0.612. The molecule has 0 saturated heterocycles. The van der Waals surface area contributed by atoms with Crippen LogP contribution in [0, 0.1) is 0 Å². The van der Waals surface area contributed by atoms with E-state index in [-0.39, 0.29) is 12.3 Å². The SMILES string of the molecule is COc1ccc(OCCNC(=O)Cc2csc(-c3ccsc3)n2)cc1. The Kier molecular flexibility index (Phi) is 6.03. The van der Waals surface area contributed by atoms with Crippen LogP contribution in [-0.4, -0.2) is 31.2 Å². The minimum Gasteiger partial charge on any atom is -0.497 e. The number of thiazole rings is 1. The molecule has 1 amide bonds. The van der Waals surface area contributed by atoms with Gasteiger partial charge in [0.1, 0.15) is 23.1 Å². The van der Waals surface area contributed by atoms with E-state index in [4.69, 9.17) is 9.47 Å². The van der Waals surface area contributed by atoms with E-state index >= 15 is 0 Å². The van der Waals surface area contributed by atoms with E-state index in [1.165, 1.54) is 0 Å². The number of nitrogens with zero attached hydrogens (tertiary/aromatic N) is 1. The summed E-state index contributed by atoms with van der Waals surface area (Å²) in [6, 6.07) is 9.37. The standard InChI is InChI=1S/C18H18N2O3S2/c1-22-15-2-4-16(5-3-15)23-8-7-19-17(21)10-14-12-25-18(20-14)13-6-9-24-11-13/h2-6,9,11-12H,7-8,10H2,1H3,(H,19,21). The number of rotatable bonds is 8. The molecule has 3 aromatic rings. The first kappa shape index (κ1) is 17.4. The molecule has 0 aliphatic carbocycles. The van der Waals surface area contributed by atoms with Crippen LogP contribution < -0.4 is 14.8 Å². The topological polar surface area (TPSA) is 60.5 Å². The van der Waals surface area contributed by atoms with Crippen molar-refractivity contribution in [1.82, 2.24) is 10.3 Å². The summed E-state index contributed by atoms with van der Waals surface area (Å²) in [7, 11) is 1.62. The molecule has 0 atom stereocenters. The number of ether oxygens (including phenoxy) is 2. The van der Waals surface area contributed by atoms with Crippen LogP contribution in [0.3, 0.4) is 0 Å². The summed E-state index contributed by atoms with van der Waals surface area (Å²) in [6.45, 7) is 0.863. The Morgan fingerprint density at radius 2 is 1.96 bits per heavy atom. The molecule has 0 unspecified atom stereocenters. The zero-order valence-electron chi connectivity index (χ0n) is 13.7. The molecule has 1 aromatic carbocycles. The first-order valence-electron chi connectivity index (χ1n) is 7.75. The highest BCUT2D eigenvalue weighted by atomic mass is 32.1. The number of hydrogen-bond acceptors (Lipinski definition) is 6. The van der Waals surface area contributed by atoms with Crippen molar-refractivity contribution in [3.8, 4) is 22.1 Å². The van der Waals surface area contributed by atoms with Gasteiger partial charge >= 0.3 is 0 Å². The number of amides is 1. The molecule has 0 aliphatic heterocycles. The highest BCUT2D eigenvalue weighted by Gasteiger charge is 2.09. The van der Waals surface area contributed by atoms with Crippen molar-refractivity contribution in [2.75, 3.05) is 20.3 Å². The zero-order valence-corrected chi connectivity index (χ0v) is 15.4. The second kappa shape index (κ2) is 8.64. The predicted octanol–water partition coefficient (Wildman–Crippen LogP) is 3.62. The summed E-state index contributed by atoms with van der Waals surface area (Å²) in [5.74, 6) is 1.47. The Morgan fingerprint density at radius 3 is 2.68 bits per heavy atom. The Balaban J connectivity index is 1.39. The van der Waals surface area contributed by atoms with Gasteiger partial charge in [0.2, 0.25) is 5.91 Å². The normalized spacial score (nSPS) is 10.4. The maximum atomic E-state index is 12.0. The number of aromatic nitrogens is 1. The number of benzene rings is 1. The van der Waals surface area contributed by atoms with Crippen LogP contribution in [0.1, 0.15) is 5.69 Å². The van der Waals surface area contributed by atoms with Crippen molar-refractivity contribution in [1.29, 1.82) is 0 Å². The van der Waals surface area contributed by atoms with Crippen molar-refractivity contribution in [2.45, 2.75) is 6.42 Å². The summed E-state index contributed by atoms with van der Waals surface area (Å²) in [4.78, 5) is 16.5. The Hall–Kier alpha value is -2.38. The molecule has 0 radical (unpaired) electrons. The maximum absolute atomic E-state index is 12.0. The minimum absolute atomic E-state index is 0.0551. The lowest BCUT2D eigenvalue weighted by molar-refractivity contribution is -0.120. The van der Waals surface area contributed by atoms with Crippen LogP contribution in [0.25, 0.3) is 10.6 Å². The lowest BCUT2D eigenvalue weighted by Gasteiger charge is -2.08. The summed E-state index contributed by atoms with van der Waals surface area (Å²) in [5, 5.41) is 9.80. The first-order valence-corrected chi connectivity index (χ1v) is 9.57. The van der Waals surface area contributed by atoms with Gasteiger partial charge in [-0.1, -0.05) is 0 Å². The van der Waals surface area contributed by atoms with Gasteiger partial charge in [0.15, 0.2) is 0 Å². The van der Waals surface area contributed by atoms with Crippen LogP contribution >= 0.6 is 22.7 Å². The number of hydrogen-bond donors (Lipinski definition) is 1. The molecule has 0 saturated carbocycles. The predicted molar refractivity (Wildman–Crippen MR) is 101 cm³/mol. The zero-order chi connectivity index (χ0) is 17.5. The fourth-order valence-electron chi connectivity index (χ4n) is 2.17. The molecule has 0 fully saturated rings. The molecule has 1 N–H and O–H groups in total. The third-order valence-electron chi connectivity index (χ3n) is 3.41. The van der Waals surface area contributed by atoms with Gasteiger partial charge < -0.3 is 14.8 Å². The average molecular weight is 374 g/mol. The van der Waals surface area contributed by atoms with Gasteiger partial charge in [0, 0.05) is 16.3 Å². The van der Waals surface area contributed by atoms with Crippen LogP contribution in [0.2, 0.25) is 0 Å². The minimum atomic E-state index is -0.0551. The second-order valence-corrected chi connectivity index (χ2v) is 6.84. The van der Waals surface area contributed by atoms with Crippen molar-refractivity contribution in [3.63, 3.8) is 0 Å². The lowest BCUT2D eigenvalue weighted by Crippen LogP contribution is -2.29. The number of methoxy groups -OCH3 is 1. The van der Waals surface area contributed by atoms with Gasteiger partial charge in [-0.25, -0.2) is 4.98 Å². The maximum Gasteiger partial charge on any atom is 0.226 e. The molecule has 2 heterocycles. The van der Waals surface area contributed by atoms with E-state index in [0.717, 1.165) is 27.8 Å². The van der Waals surface area contributed by atoms with Gasteiger partial charge in [-0.05, 0) is 35.7 Å². The molecule has 25 heavy (non-hydrogen) atoms. The van der Waals surface area contributed by atoms with E-state index in [2.05, 4.69) is 15.7 Å². The van der Waals surface area contributed by atoms with Gasteiger partial charge in [-0.2, -0.15) is 11.3 Å². The van der Waals surface area contributed by atoms with Gasteiger partial charge in [-0.15, -0.1) is 11.3 Å². The van der Waals surface area contributed by atoms with Gasteiger partial charge in [-0.3, -0.25) is 4.79 Å². The van der Waals surface area contributed by atoms with Crippen molar-refractivity contribution < 1.29 is 14.3 Å². The van der Waals surface area contributed by atoms with Gasteiger partial charge in [0.25, 0.3) is 0 Å². The number of thiophene rings is 1. The molecular weight excluding hydrogens is 356 g/mol. The first-order chi connectivity index (χ1) is 12.2. The van der Waals surface area contributed by atoms with Crippen molar-refractivity contribution in [3.05, 3.63) is 52.2 Å². The van der Waals surface area contributed by atoms with Crippen LogP contribution in [0.5, 0.6) is 11.5 Å². The second-order valence-electron chi connectivity index (χ2n) is 5.21. The summed E-state index contributed by atoms with van der Waals surface area (Å²) in [5.41, 5.74) is 1.90. The van der Waals surface area contributed by atoms with Crippen molar-refractivity contribution >= 4 is 28.6 Å². The molecule has 130 valence electrons. The van der Waals surface area contributed by atoms with E-state index in [1.54, 1.807) is 29.8 Å². The Bertz CT molecular complexity index is 798. The fourth-order valence-corrected chi connectivity index (χ4v) is 3.70. The molecule has 0 bridgehead atoms. The Labute approximate surface area is 154 Å². The molecule has 2 aromatic heterocycles. The molecule has 3 rings (SSSR count). The lowest BCUT2D eigenvalue weighted by atomic mass is 10.3. The molecular formula is C18H18N2O3S2. The van der Waals surface area contributed by atoms with E-state index in [9.17, 15) is 4.79 Å². The van der Waals surface area contributed by atoms with Crippen LogP contribution in [0.15, 0.2) is 46.5 Å². The average Bonchev–Trinajstić information content (AvgIpc) is 3.31. The molecule has 5 nitrogen and oxygen atoms in total. The smallest absolute Gasteiger partial charge is 0.226 e. The number of carbonyl (C=O) groups excluding carboxylic acids is 1. The van der Waals surface area contributed by atoms with Gasteiger partial charge in [0.05, 0.1) is 25.8 Å². The summed E-state index contributed by atoms with van der Waals surface area (Å²) >= 11 is 3.20. The fraction of sp³-hybridized carbons (Fsp3) is 0.222. The summed E-state index contributed by atoms with van der Waals surface area (Å²) in [6.07, 6.45) is 0.281. The van der Waals surface area contributed by atoms with E-state index in [0.29, 0.717) is 13.2 Å². The van der Waals surface area contributed by atoms with E-state index in [1.807, 2.05) is 41.1 Å².